The Labute approximate surface area is 110 Å². The third kappa shape index (κ3) is 1.77. The number of ether oxygens (including phenoxy) is 1. The molecule has 5 rings (SSSR count). The Morgan fingerprint density at radius 1 is 1.32 bits per heavy atom. The van der Waals surface area contributed by atoms with E-state index < -0.39 is 0 Å². The van der Waals surface area contributed by atoms with Gasteiger partial charge in [-0.1, -0.05) is 0 Å². The van der Waals surface area contributed by atoms with Crippen LogP contribution in [0.5, 0.6) is 0 Å². The molecule has 0 amide bonds. The van der Waals surface area contributed by atoms with E-state index >= 15 is 0 Å². The maximum absolute atomic E-state index is 10.7. The summed E-state index contributed by atoms with van der Waals surface area (Å²) < 4.78 is 5.61. The fourth-order valence-corrected chi connectivity index (χ4v) is 2.79. The van der Waals surface area contributed by atoms with Gasteiger partial charge in [0.15, 0.2) is 0 Å². The summed E-state index contributed by atoms with van der Waals surface area (Å²) in [4.78, 5) is 21.9. The summed E-state index contributed by atoms with van der Waals surface area (Å²) in [6.07, 6.45) is 4.47. The van der Waals surface area contributed by atoms with Crippen LogP contribution in [0.15, 0.2) is 24.4 Å². The maximum Gasteiger partial charge on any atom is 0.226 e. The number of anilines is 1. The molecule has 3 fully saturated rings. The van der Waals surface area contributed by atoms with Gasteiger partial charge in [-0.15, -0.1) is 0 Å². The predicted octanol–water partition coefficient (Wildman–Crippen LogP) is 1.42. The number of rotatable bonds is 2. The normalized spacial score (nSPS) is 25.2. The highest BCUT2D eigenvalue weighted by molar-refractivity contribution is 5.86. The van der Waals surface area contributed by atoms with E-state index in [1.807, 2.05) is 12.1 Å². The predicted molar refractivity (Wildman–Crippen MR) is 70.4 cm³/mol. The molecule has 2 aromatic rings. The van der Waals surface area contributed by atoms with Gasteiger partial charge in [-0.2, -0.15) is 0 Å². The van der Waals surface area contributed by atoms with Crippen LogP contribution < -0.4 is 4.90 Å². The van der Waals surface area contributed by atoms with Gasteiger partial charge >= 0.3 is 0 Å². The number of aldehydes is 1. The van der Waals surface area contributed by atoms with Crippen LogP contribution >= 0.6 is 0 Å². The molecule has 2 bridgehead atoms. The lowest BCUT2D eigenvalue weighted by molar-refractivity contribution is -0.133. The van der Waals surface area contributed by atoms with Crippen LogP contribution in [0.25, 0.3) is 10.9 Å². The molecule has 1 aromatic heterocycles. The Hall–Kier alpha value is -2.01. The number of aromatic nitrogens is 2. The molecule has 3 aliphatic rings. The zero-order chi connectivity index (χ0) is 12.8. The molecule has 4 heterocycles. The van der Waals surface area contributed by atoms with Crippen molar-refractivity contribution >= 4 is 23.1 Å². The Kier molecular flexibility index (Phi) is 2.29. The topological polar surface area (TPSA) is 55.3 Å². The minimum Gasteiger partial charge on any atom is -0.371 e. The van der Waals surface area contributed by atoms with Crippen molar-refractivity contribution in [2.75, 3.05) is 18.0 Å². The summed E-state index contributed by atoms with van der Waals surface area (Å²) in [5, 5.41) is 0.895. The third-order valence-electron chi connectivity index (χ3n) is 3.77. The minimum atomic E-state index is 0.343. The van der Waals surface area contributed by atoms with Crippen molar-refractivity contribution in [1.29, 1.82) is 0 Å². The fraction of sp³-hybridized carbons (Fsp3) is 0.357. The smallest absolute Gasteiger partial charge is 0.226 e. The second-order valence-corrected chi connectivity index (χ2v) is 5.13. The average molecular weight is 255 g/mol. The molecule has 0 aliphatic carbocycles. The quantitative estimate of drug-likeness (QED) is 0.760. The highest BCUT2D eigenvalue weighted by Crippen LogP contribution is 2.30. The molecule has 2 atom stereocenters. The summed E-state index contributed by atoms with van der Waals surface area (Å²) in [6, 6.07) is 5.46. The maximum atomic E-state index is 10.7. The molecule has 1 aromatic carbocycles. The average Bonchev–Trinajstić information content (AvgIpc) is 2.45. The Morgan fingerprint density at radius 2 is 2.11 bits per heavy atom. The SMILES string of the molecule is O=Cc1ccc2nc(N3C[C@H]4C[C@@H](C3)O4)ncc2c1. The molecular formula is C14H13N3O2. The van der Waals surface area contributed by atoms with Crippen molar-refractivity contribution in [1.82, 2.24) is 9.97 Å². The van der Waals surface area contributed by atoms with E-state index in [2.05, 4.69) is 14.9 Å². The van der Waals surface area contributed by atoms with Crippen LogP contribution in [-0.4, -0.2) is 41.6 Å². The Bertz CT molecular complexity index is 642. The van der Waals surface area contributed by atoms with Gasteiger partial charge in [0.25, 0.3) is 0 Å². The zero-order valence-corrected chi connectivity index (χ0v) is 10.3. The van der Waals surface area contributed by atoms with Gasteiger partial charge in [-0.25, -0.2) is 9.97 Å². The number of morpholine rings is 1. The molecule has 5 nitrogen and oxygen atoms in total. The summed E-state index contributed by atoms with van der Waals surface area (Å²) in [6.45, 7) is 1.74. The summed E-state index contributed by atoms with van der Waals surface area (Å²) in [7, 11) is 0. The number of fused-ring (bicyclic) bond motifs is 3. The minimum absolute atomic E-state index is 0.343. The molecule has 19 heavy (non-hydrogen) atoms. The van der Waals surface area contributed by atoms with Crippen molar-refractivity contribution in [3.8, 4) is 0 Å². The molecule has 3 aliphatic heterocycles. The highest BCUT2D eigenvalue weighted by atomic mass is 16.5. The van der Waals surface area contributed by atoms with Gasteiger partial charge in [0.2, 0.25) is 5.95 Å². The Morgan fingerprint density at radius 3 is 2.84 bits per heavy atom. The van der Waals surface area contributed by atoms with E-state index in [0.29, 0.717) is 17.8 Å². The van der Waals surface area contributed by atoms with Crippen LogP contribution in [0.2, 0.25) is 0 Å². The second kappa shape index (κ2) is 3.99. The van der Waals surface area contributed by atoms with Crippen molar-refractivity contribution < 1.29 is 9.53 Å². The van der Waals surface area contributed by atoms with Crippen molar-refractivity contribution in [2.45, 2.75) is 18.6 Å². The first-order valence-corrected chi connectivity index (χ1v) is 6.44. The molecule has 0 spiro atoms. The Balaban J connectivity index is 1.69. The van der Waals surface area contributed by atoms with Gasteiger partial charge in [-0.05, 0) is 18.2 Å². The highest BCUT2D eigenvalue weighted by Gasteiger charge is 2.39. The second-order valence-electron chi connectivity index (χ2n) is 5.13. The lowest BCUT2D eigenvalue weighted by atomic mass is 9.99. The lowest BCUT2D eigenvalue weighted by Gasteiger charge is -2.46. The monoisotopic (exact) mass is 255 g/mol. The van der Waals surface area contributed by atoms with Gasteiger partial charge in [-0.3, -0.25) is 4.79 Å². The van der Waals surface area contributed by atoms with Gasteiger partial charge in [0.05, 0.1) is 17.7 Å². The van der Waals surface area contributed by atoms with E-state index in [9.17, 15) is 4.79 Å². The van der Waals surface area contributed by atoms with Gasteiger partial charge in [0, 0.05) is 36.7 Å². The number of piperidine rings is 1. The van der Waals surface area contributed by atoms with E-state index in [4.69, 9.17) is 4.74 Å². The molecule has 5 heteroatoms. The standard InChI is InChI=1S/C14H13N3O2/c18-8-9-1-2-13-10(3-9)5-15-14(16-13)17-6-11-4-12(7-17)19-11/h1-3,5,8,11-12H,4,6-7H2/t11-,12+. The molecule has 0 saturated carbocycles. The third-order valence-corrected chi connectivity index (χ3v) is 3.77. The number of hydrogen-bond donors (Lipinski definition) is 0. The van der Waals surface area contributed by atoms with Crippen LogP contribution in [0.4, 0.5) is 5.95 Å². The van der Waals surface area contributed by atoms with Crippen molar-refractivity contribution in [3.63, 3.8) is 0 Å². The van der Waals surface area contributed by atoms with Crippen molar-refractivity contribution in [3.05, 3.63) is 30.0 Å². The number of hydrogen-bond acceptors (Lipinski definition) is 5. The molecule has 3 saturated heterocycles. The lowest BCUT2D eigenvalue weighted by Crippen LogP contribution is -2.57. The van der Waals surface area contributed by atoms with Crippen LogP contribution in [0.1, 0.15) is 16.8 Å². The van der Waals surface area contributed by atoms with Crippen molar-refractivity contribution in [2.24, 2.45) is 0 Å². The summed E-state index contributed by atoms with van der Waals surface area (Å²) in [5.74, 6) is 0.754. The summed E-state index contributed by atoms with van der Waals surface area (Å²) >= 11 is 0. The van der Waals surface area contributed by atoms with E-state index in [0.717, 1.165) is 42.6 Å². The van der Waals surface area contributed by atoms with E-state index in [1.165, 1.54) is 0 Å². The number of carbonyl (C=O) groups is 1. The van der Waals surface area contributed by atoms with Crippen LogP contribution in [0.3, 0.4) is 0 Å². The van der Waals surface area contributed by atoms with Crippen LogP contribution in [-0.2, 0) is 4.74 Å². The fourth-order valence-electron chi connectivity index (χ4n) is 2.79. The van der Waals surface area contributed by atoms with Gasteiger partial charge in [0.1, 0.15) is 6.29 Å². The number of carbonyl (C=O) groups excluding carboxylic acids is 1. The molecule has 0 N–H and O–H groups in total. The van der Waals surface area contributed by atoms with Crippen LogP contribution in [0, 0.1) is 0 Å². The first kappa shape index (κ1) is 10.9. The molecular weight excluding hydrogens is 242 g/mol. The largest absolute Gasteiger partial charge is 0.371 e. The first-order valence-electron chi connectivity index (χ1n) is 6.44. The number of nitrogens with zero attached hydrogens (tertiary/aromatic N) is 3. The number of benzene rings is 1. The molecule has 96 valence electrons. The van der Waals surface area contributed by atoms with E-state index in [1.54, 1.807) is 12.3 Å². The van der Waals surface area contributed by atoms with E-state index in [-0.39, 0.29) is 0 Å². The zero-order valence-electron chi connectivity index (χ0n) is 10.3. The molecule has 0 radical (unpaired) electrons. The molecule has 0 unspecified atom stereocenters. The first-order chi connectivity index (χ1) is 9.31. The summed E-state index contributed by atoms with van der Waals surface area (Å²) in [5.41, 5.74) is 1.52. The van der Waals surface area contributed by atoms with Gasteiger partial charge < -0.3 is 9.64 Å².